The van der Waals surface area contributed by atoms with Gasteiger partial charge in [0.25, 0.3) is 5.88 Å². The van der Waals surface area contributed by atoms with E-state index in [9.17, 15) is 0 Å². The van der Waals surface area contributed by atoms with Crippen molar-refractivity contribution in [1.29, 1.82) is 0 Å². The summed E-state index contributed by atoms with van der Waals surface area (Å²) in [5, 5.41) is 0. The first-order chi connectivity index (χ1) is 5.27. The molecule has 0 amide bonds. The van der Waals surface area contributed by atoms with Crippen LogP contribution in [-0.2, 0) is 0 Å². The van der Waals surface area contributed by atoms with E-state index < -0.39 is 0 Å². The molecule has 0 N–H and O–H groups in total. The van der Waals surface area contributed by atoms with Crippen LogP contribution < -0.4 is 9.47 Å². The first kappa shape index (κ1) is 8.26. The zero-order chi connectivity index (χ0) is 8.27. The number of aromatic nitrogens is 2. The fourth-order valence-corrected chi connectivity index (χ4v) is 0.885. The molecule has 0 spiro atoms. The summed E-state index contributed by atoms with van der Waals surface area (Å²) in [6.07, 6.45) is 1.54. The Kier molecular flexibility index (Phi) is 2.64. The molecular weight excluding hydrogens is 212 g/mol. The Hall–Kier alpha value is -0.840. The number of halogens is 1. The van der Waals surface area contributed by atoms with Gasteiger partial charge in [-0.3, -0.25) is 0 Å². The van der Waals surface area contributed by atoms with Gasteiger partial charge in [-0.05, 0) is 15.9 Å². The second-order valence-electron chi connectivity index (χ2n) is 1.72. The first-order valence-electron chi connectivity index (χ1n) is 2.88. The van der Waals surface area contributed by atoms with Crippen molar-refractivity contribution < 1.29 is 9.47 Å². The highest BCUT2D eigenvalue weighted by Gasteiger charge is 2.04. The number of hydrogen-bond acceptors (Lipinski definition) is 4. The first-order valence-corrected chi connectivity index (χ1v) is 3.67. The van der Waals surface area contributed by atoms with Gasteiger partial charge in [0, 0.05) is 0 Å². The highest BCUT2D eigenvalue weighted by molar-refractivity contribution is 9.10. The third-order valence-electron chi connectivity index (χ3n) is 1.11. The Balaban J connectivity index is 3.06. The van der Waals surface area contributed by atoms with E-state index in [1.54, 1.807) is 0 Å². The van der Waals surface area contributed by atoms with Gasteiger partial charge in [-0.1, -0.05) is 0 Å². The normalized spacial score (nSPS) is 9.36. The summed E-state index contributed by atoms with van der Waals surface area (Å²) >= 11 is 3.11. The Bertz CT molecular complexity index is 254. The Morgan fingerprint density at radius 2 is 2.09 bits per heavy atom. The summed E-state index contributed by atoms with van der Waals surface area (Å²) in [6, 6.07) is 0. The fourth-order valence-electron chi connectivity index (χ4n) is 0.621. The second kappa shape index (κ2) is 3.52. The lowest BCUT2D eigenvalue weighted by molar-refractivity contribution is 0.340. The Morgan fingerprint density at radius 1 is 1.36 bits per heavy atom. The standard InChI is InChI=1S/C6H7BrN2O2/c1-10-4-3-8-6(7)9-5(4)11-2/h3H,1-2H3. The van der Waals surface area contributed by atoms with Crippen LogP contribution in [0.1, 0.15) is 0 Å². The minimum Gasteiger partial charge on any atom is -0.490 e. The van der Waals surface area contributed by atoms with E-state index in [-0.39, 0.29) is 0 Å². The monoisotopic (exact) mass is 218 g/mol. The second-order valence-corrected chi connectivity index (χ2v) is 2.43. The molecule has 4 nitrogen and oxygen atoms in total. The largest absolute Gasteiger partial charge is 0.490 e. The smallest absolute Gasteiger partial charge is 0.260 e. The Labute approximate surface area is 72.7 Å². The molecule has 60 valence electrons. The lowest BCUT2D eigenvalue weighted by Gasteiger charge is -2.03. The summed E-state index contributed by atoms with van der Waals surface area (Å²) in [7, 11) is 3.06. The topological polar surface area (TPSA) is 44.2 Å². The molecule has 11 heavy (non-hydrogen) atoms. The number of ether oxygens (including phenoxy) is 2. The SMILES string of the molecule is COc1cnc(Br)nc1OC. The molecule has 5 heteroatoms. The zero-order valence-corrected chi connectivity index (χ0v) is 7.75. The van der Waals surface area contributed by atoms with Crippen molar-refractivity contribution in [2.24, 2.45) is 0 Å². The van der Waals surface area contributed by atoms with Gasteiger partial charge in [-0.25, -0.2) is 4.98 Å². The summed E-state index contributed by atoms with van der Waals surface area (Å²) in [4.78, 5) is 7.78. The van der Waals surface area contributed by atoms with Crippen LogP contribution in [0.4, 0.5) is 0 Å². The zero-order valence-electron chi connectivity index (χ0n) is 6.17. The van der Waals surface area contributed by atoms with E-state index in [2.05, 4.69) is 25.9 Å². The lowest BCUT2D eigenvalue weighted by Crippen LogP contribution is -1.94. The van der Waals surface area contributed by atoms with Crippen molar-refractivity contribution in [3.8, 4) is 11.6 Å². The van der Waals surface area contributed by atoms with E-state index >= 15 is 0 Å². The highest BCUT2D eigenvalue weighted by Crippen LogP contribution is 2.23. The summed E-state index contributed by atoms with van der Waals surface area (Å²) in [5.41, 5.74) is 0. The molecule has 1 aromatic rings. The molecular formula is C6H7BrN2O2. The van der Waals surface area contributed by atoms with Gasteiger partial charge in [0.1, 0.15) is 0 Å². The molecule has 0 aromatic carbocycles. The Morgan fingerprint density at radius 3 is 2.64 bits per heavy atom. The van der Waals surface area contributed by atoms with E-state index in [1.165, 1.54) is 20.4 Å². The average Bonchev–Trinajstić information content (AvgIpc) is 2.04. The van der Waals surface area contributed by atoms with Crippen LogP contribution in [0.3, 0.4) is 0 Å². The van der Waals surface area contributed by atoms with Crippen molar-refractivity contribution >= 4 is 15.9 Å². The molecule has 0 saturated carbocycles. The fraction of sp³-hybridized carbons (Fsp3) is 0.333. The van der Waals surface area contributed by atoms with Gasteiger partial charge >= 0.3 is 0 Å². The number of nitrogens with zero attached hydrogens (tertiary/aromatic N) is 2. The van der Waals surface area contributed by atoms with Gasteiger partial charge in [0.15, 0.2) is 10.5 Å². The maximum Gasteiger partial charge on any atom is 0.260 e. The predicted molar refractivity (Wildman–Crippen MR) is 42.8 cm³/mol. The molecule has 0 unspecified atom stereocenters. The molecule has 1 aromatic heterocycles. The molecule has 0 atom stereocenters. The van der Waals surface area contributed by atoms with Crippen molar-refractivity contribution in [3.63, 3.8) is 0 Å². The molecule has 0 saturated heterocycles. The average molecular weight is 219 g/mol. The van der Waals surface area contributed by atoms with Crippen LogP contribution in [0, 0.1) is 0 Å². The van der Waals surface area contributed by atoms with E-state index in [0.29, 0.717) is 16.4 Å². The number of methoxy groups -OCH3 is 2. The van der Waals surface area contributed by atoms with Gasteiger partial charge in [0.2, 0.25) is 0 Å². The van der Waals surface area contributed by atoms with Crippen LogP contribution in [-0.4, -0.2) is 24.2 Å². The van der Waals surface area contributed by atoms with Gasteiger partial charge in [-0.2, -0.15) is 4.98 Å². The highest BCUT2D eigenvalue weighted by atomic mass is 79.9. The molecule has 1 rings (SSSR count). The number of hydrogen-bond donors (Lipinski definition) is 0. The van der Waals surface area contributed by atoms with Crippen LogP contribution in [0.15, 0.2) is 10.9 Å². The molecule has 0 fully saturated rings. The quantitative estimate of drug-likeness (QED) is 0.702. The van der Waals surface area contributed by atoms with Crippen LogP contribution in [0.2, 0.25) is 0 Å². The van der Waals surface area contributed by atoms with Gasteiger partial charge in [0.05, 0.1) is 20.4 Å². The molecule has 0 aliphatic rings. The molecule has 0 aliphatic carbocycles. The maximum atomic E-state index is 4.92. The van der Waals surface area contributed by atoms with Crippen molar-refractivity contribution in [3.05, 3.63) is 10.9 Å². The van der Waals surface area contributed by atoms with Crippen molar-refractivity contribution in [2.45, 2.75) is 0 Å². The molecule has 0 radical (unpaired) electrons. The summed E-state index contributed by atoms with van der Waals surface area (Å²) in [6.45, 7) is 0. The molecule has 0 bridgehead atoms. The lowest BCUT2D eigenvalue weighted by atomic mass is 10.6. The van der Waals surface area contributed by atoms with E-state index in [0.717, 1.165) is 0 Å². The third-order valence-corrected chi connectivity index (χ3v) is 1.49. The maximum absolute atomic E-state index is 4.92. The molecule has 1 heterocycles. The summed E-state index contributed by atoms with van der Waals surface area (Å²) in [5.74, 6) is 0.949. The third kappa shape index (κ3) is 1.80. The predicted octanol–water partition coefficient (Wildman–Crippen LogP) is 1.26. The molecule has 0 aliphatic heterocycles. The van der Waals surface area contributed by atoms with Crippen LogP contribution in [0.5, 0.6) is 11.6 Å². The van der Waals surface area contributed by atoms with Gasteiger partial charge < -0.3 is 9.47 Å². The summed E-state index contributed by atoms with van der Waals surface area (Å²) < 4.78 is 10.3. The van der Waals surface area contributed by atoms with Crippen molar-refractivity contribution in [1.82, 2.24) is 9.97 Å². The van der Waals surface area contributed by atoms with E-state index in [4.69, 9.17) is 9.47 Å². The van der Waals surface area contributed by atoms with E-state index in [1.807, 2.05) is 0 Å². The minimum absolute atomic E-state index is 0.425. The minimum atomic E-state index is 0.425. The van der Waals surface area contributed by atoms with Gasteiger partial charge in [-0.15, -0.1) is 0 Å². The number of rotatable bonds is 2. The van der Waals surface area contributed by atoms with Crippen molar-refractivity contribution in [2.75, 3.05) is 14.2 Å². The van der Waals surface area contributed by atoms with Crippen LogP contribution in [0.25, 0.3) is 0 Å². The van der Waals surface area contributed by atoms with Crippen LogP contribution >= 0.6 is 15.9 Å².